The van der Waals surface area contributed by atoms with E-state index < -0.39 is 11.9 Å². The molecule has 0 atom stereocenters. The van der Waals surface area contributed by atoms with E-state index in [1.165, 1.54) is 12.1 Å². The number of ether oxygens (including phenoxy) is 5. The summed E-state index contributed by atoms with van der Waals surface area (Å²) in [5.74, 6) is -0.766. The van der Waals surface area contributed by atoms with E-state index in [-0.39, 0.29) is 11.1 Å². The van der Waals surface area contributed by atoms with Crippen molar-refractivity contribution >= 4 is 11.9 Å². The molecule has 0 saturated heterocycles. The number of carbonyl (C=O) groups excluding carboxylic acids is 2. The molecule has 0 saturated carbocycles. The maximum absolute atomic E-state index is 11.5. The zero-order chi connectivity index (χ0) is 17.9. The van der Waals surface area contributed by atoms with Gasteiger partial charge in [0.1, 0.15) is 12.4 Å². The van der Waals surface area contributed by atoms with E-state index in [0.717, 1.165) is 19.4 Å². The largest absolute Gasteiger partial charge is 0.491 e. The number of benzene rings is 1. The average molecular weight is 352 g/mol. The van der Waals surface area contributed by atoms with Crippen LogP contribution in [-0.4, -0.2) is 58.2 Å². The van der Waals surface area contributed by atoms with Crippen LogP contribution < -0.4 is 4.74 Å². The van der Waals surface area contributed by atoms with Crippen LogP contribution in [0.5, 0.6) is 5.75 Å². The predicted octanol–water partition coefficient (Wildman–Crippen LogP) is 2.23. The Kier molecular flexibility index (Phi) is 8.38. The van der Waals surface area contributed by atoms with E-state index in [2.05, 4.69) is 11.7 Å². The molecule has 7 nitrogen and oxygen atoms in total. The monoisotopic (exact) mass is 352 g/mol. The SMILES string of the molecule is CCCCOCCOCCOCCOc1ccc2c(c1)C(=O)OC2=O. The lowest BCUT2D eigenvalue weighted by atomic mass is 10.1. The van der Waals surface area contributed by atoms with E-state index in [9.17, 15) is 9.59 Å². The summed E-state index contributed by atoms with van der Waals surface area (Å²) in [6.07, 6.45) is 2.20. The van der Waals surface area contributed by atoms with Crippen LogP contribution in [-0.2, 0) is 18.9 Å². The van der Waals surface area contributed by atoms with E-state index >= 15 is 0 Å². The van der Waals surface area contributed by atoms with Gasteiger partial charge in [-0.1, -0.05) is 13.3 Å². The summed E-state index contributed by atoms with van der Waals surface area (Å²) in [6, 6.07) is 4.65. The topological polar surface area (TPSA) is 80.3 Å². The van der Waals surface area contributed by atoms with Gasteiger partial charge in [-0.2, -0.15) is 0 Å². The first-order valence-electron chi connectivity index (χ1n) is 8.49. The van der Waals surface area contributed by atoms with E-state index in [1.807, 2.05) is 0 Å². The molecule has 1 aliphatic rings. The zero-order valence-corrected chi connectivity index (χ0v) is 14.5. The van der Waals surface area contributed by atoms with Gasteiger partial charge in [0.25, 0.3) is 0 Å². The first-order chi connectivity index (χ1) is 12.2. The summed E-state index contributed by atoms with van der Waals surface area (Å²) in [5.41, 5.74) is 0.502. The molecule has 0 bridgehead atoms. The van der Waals surface area contributed by atoms with Gasteiger partial charge in [0.2, 0.25) is 0 Å². The molecule has 0 aromatic heterocycles. The van der Waals surface area contributed by atoms with Gasteiger partial charge in [0.15, 0.2) is 0 Å². The van der Waals surface area contributed by atoms with Crippen LogP contribution in [0.25, 0.3) is 0 Å². The van der Waals surface area contributed by atoms with Crippen LogP contribution in [0, 0.1) is 0 Å². The second-order valence-corrected chi connectivity index (χ2v) is 5.42. The van der Waals surface area contributed by atoms with Crippen molar-refractivity contribution in [1.29, 1.82) is 0 Å². The van der Waals surface area contributed by atoms with Crippen molar-refractivity contribution < 1.29 is 33.3 Å². The summed E-state index contributed by atoms with van der Waals surface area (Å²) in [5, 5.41) is 0. The molecule has 0 amide bonds. The van der Waals surface area contributed by atoms with Crippen LogP contribution in [0.15, 0.2) is 18.2 Å². The minimum absolute atomic E-state index is 0.234. The molecule has 0 unspecified atom stereocenters. The number of hydrogen-bond acceptors (Lipinski definition) is 7. The Labute approximate surface area is 147 Å². The van der Waals surface area contributed by atoms with Crippen molar-refractivity contribution in [2.24, 2.45) is 0 Å². The van der Waals surface area contributed by atoms with Crippen LogP contribution in [0.4, 0.5) is 0 Å². The highest BCUT2D eigenvalue weighted by Gasteiger charge is 2.29. The highest BCUT2D eigenvalue weighted by molar-refractivity contribution is 6.14. The number of esters is 2. The van der Waals surface area contributed by atoms with Crippen molar-refractivity contribution in [2.45, 2.75) is 19.8 Å². The molecule has 1 heterocycles. The molecule has 1 aliphatic heterocycles. The molecule has 1 aromatic rings. The third-order valence-corrected chi connectivity index (χ3v) is 3.50. The first-order valence-corrected chi connectivity index (χ1v) is 8.49. The van der Waals surface area contributed by atoms with Crippen molar-refractivity contribution in [1.82, 2.24) is 0 Å². The smallest absolute Gasteiger partial charge is 0.347 e. The molecule has 0 spiro atoms. The van der Waals surface area contributed by atoms with Crippen molar-refractivity contribution in [3.8, 4) is 5.75 Å². The lowest BCUT2D eigenvalue weighted by Crippen LogP contribution is -2.13. The molecule has 138 valence electrons. The van der Waals surface area contributed by atoms with Crippen molar-refractivity contribution in [2.75, 3.05) is 46.2 Å². The molecule has 25 heavy (non-hydrogen) atoms. The van der Waals surface area contributed by atoms with Crippen LogP contribution in [0.3, 0.4) is 0 Å². The standard InChI is InChI=1S/C18H24O7/c1-2-3-6-21-7-8-22-9-10-23-11-12-24-14-4-5-15-16(13-14)18(20)25-17(15)19/h4-5,13H,2-3,6-12H2,1H3. The van der Waals surface area contributed by atoms with Gasteiger partial charge in [-0.15, -0.1) is 0 Å². The summed E-state index contributed by atoms with van der Waals surface area (Å²) in [6.45, 7) is 5.79. The minimum Gasteiger partial charge on any atom is -0.491 e. The fourth-order valence-electron chi connectivity index (χ4n) is 2.16. The number of carbonyl (C=O) groups is 2. The molecule has 0 aliphatic carbocycles. The van der Waals surface area contributed by atoms with Gasteiger partial charge >= 0.3 is 11.9 Å². The molecule has 7 heteroatoms. The molecule has 0 radical (unpaired) electrons. The molecule has 0 fully saturated rings. The van der Waals surface area contributed by atoms with Crippen molar-refractivity contribution in [3.63, 3.8) is 0 Å². The zero-order valence-electron chi connectivity index (χ0n) is 14.5. The van der Waals surface area contributed by atoms with Gasteiger partial charge in [-0.05, 0) is 24.6 Å². The quantitative estimate of drug-likeness (QED) is 0.306. The highest BCUT2D eigenvalue weighted by atomic mass is 16.6. The summed E-state index contributed by atoms with van der Waals surface area (Å²) in [7, 11) is 0. The number of hydrogen-bond donors (Lipinski definition) is 0. The Morgan fingerprint density at radius 2 is 1.40 bits per heavy atom. The third-order valence-electron chi connectivity index (χ3n) is 3.50. The predicted molar refractivity (Wildman–Crippen MR) is 89.0 cm³/mol. The summed E-state index contributed by atoms with van der Waals surface area (Å²) < 4.78 is 26.2. The normalized spacial score (nSPS) is 13.0. The lowest BCUT2D eigenvalue weighted by Gasteiger charge is -2.08. The number of rotatable bonds is 13. The molecule has 1 aromatic carbocycles. The van der Waals surface area contributed by atoms with Crippen LogP contribution in [0.1, 0.15) is 40.5 Å². The van der Waals surface area contributed by atoms with Crippen LogP contribution in [0.2, 0.25) is 0 Å². The molecular weight excluding hydrogens is 328 g/mol. The van der Waals surface area contributed by atoms with Gasteiger partial charge in [0.05, 0.1) is 44.2 Å². The second kappa shape index (κ2) is 10.8. The Morgan fingerprint density at radius 3 is 2.08 bits per heavy atom. The third kappa shape index (κ3) is 6.45. The first kappa shape index (κ1) is 19.4. The highest BCUT2D eigenvalue weighted by Crippen LogP contribution is 2.24. The maximum atomic E-state index is 11.5. The van der Waals surface area contributed by atoms with E-state index in [0.29, 0.717) is 45.4 Å². The van der Waals surface area contributed by atoms with Crippen LogP contribution >= 0.6 is 0 Å². The Bertz CT molecular complexity index is 571. The Hall–Kier alpha value is -1.96. The molecule has 0 N–H and O–H groups in total. The number of fused-ring (bicyclic) bond motifs is 1. The lowest BCUT2D eigenvalue weighted by molar-refractivity contribution is 0.00895. The Balaban J connectivity index is 1.49. The maximum Gasteiger partial charge on any atom is 0.347 e. The molecular formula is C18H24O7. The van der Waals surface area contributed by atoms with Gasteiger partial charge < -0.3 is 23.7 Å². The number of cyclic esters (lactones) is 2. The van der Waals surface area contributed by atoms with Gasteiger partial charge in [-0.25, -0.2) is 9.59 Å². The fourth-order valence-corrected chi connectivity index (χ4v) is 2.16. The van der Waals surface area contributed by atoms with E-state index in [1.54, 1.807) is 6.07 Å². The van der Waals surface area contributed by atoms with E-state index in [4.69, 9.17) is 18.9 Å². The molecule has 2 rings (SSSR count). The summed E-state index contributed by atoms with van der Waals surface area (Å²) >= 11 is 0. The van der Waals surface area contributed by atoms with Gasteiger partial charge in [-0.3, -0.25) is 0 Å². The average Bonchev–Trinajstić information content (AvgIpc) is 2.90. The van der Waals surface area contributed by atoms with Gasteiger partial charge in [0, 0.05) is 6.61 Å². The number of unbranched alkanes of at least 4 members (excludes halogenated alkanes) is 1. The fraction of sp³-hybridized carbons (Fsp3) is 0.556. The minimum atomic E-state index is -0.641. The van der Waals surface area contributed by atoms with Crippen molar-refractivity contribution in [3.05, 3.63) is 29.3 Å². The second-order valence-electron chi connectivity index (χ2n) is 5.42. The Morgan fingerprint density at radius 1 is 0.800 bits per heavy atom. The summed E-state index contributed by atoms with van der Waals surface area (Å²) in [4.78, 5) is 22.8.